The number of hydrogen-bond acceptors (Lipinski definition) is 56. The van der Waals surface area contributed by atoms with Crippen molar-refractivity contribution in [2.75, 3.05) is 59.4 Å². The molecule has 846 valence electrons. The number of esters is 8. The Hall–Kier alpha value is -9.76. The number of carboxylic acid groups (broad SMARTS) is 7. The molecule has 64 heteroatoms. The van der Waals surface area contributed by atoms with E-state index in [2.05, 4.69) is 5.32 Å². The van der Waals surface area contributed by atoms with Crippen LogP contribution in [0.5, 0.6) is 0 Å². The number of ether oxygens (including phenoxy) is 24. The van der Waals surface area contributed by atoms with Gasteiger partial charge in [0.2, 0.25) is 5.91 Å². The fourth-order valence-electron chi connectivity index (χ4n) is 16.1. The predicted molar refractivity (Wildman–Crippen MR) is 452 cm³/mol. The van der Waals surface area contributed by atoms with Crippen molar-refractivity contribution in [2.45, 2.75) is 375 Å². The molecule has 0 aromatic carbocycles. The minimum atomic E-state index is -2.71. The number of carbonyl (C=O) groups excluding carboxylic acids is 9. The van der Waals surface area contributed by atoms with Gasteiger partial charge in [0.1, 0.15) is 248 Å². The van der Waals surface area contributed by atoms with Crippen LogP contribution in [0.15, 0.2) is 0 Å². The highest BCUT2D eigenvalue weighted by molar-refractivity contribution is 5.82. The Bertz CT molecular complexity index is 4030. The van der Waals surface area contributed by atoms with Crippen LogP contribution in [0, 0.1) is 0 Å². The van der Waals surface area contributed by atoms with Gasteiger partial charge in [0, 0.05) is 13.0 Å². The van der Waals surface area contributed by atoms with Crippen LogP contribution in [0.4, 0.5) is 0 Å². The molecule has 30 rings (SSSR count). The summed E-state index contributed by atoms with van der Waals surface area (Å²) in [5, 5.41) is 265. The fourth-order valence-corrected chi connectivity index (χ4v) is 16.1. The zero-order chi connectivity index (χ0) is 110. The minimum Gasteiger partial charge on any atom is -0.481 e. The molecular formula is C85H123NO63. The van der Waals surface area contributed by atoms with Gasteiger partial charge < -0.3 is 236 Å². The van der Waals surface area contributed by atoms with Gasteiger partial charge in [-0.2, -0.15) is 0 Å². The van der Waals surface area contributed by atoms with E-state index in [4.69, 9.17) is 114 Å². The van der Waals surface area contributed by atoms with E-state index in [1.807, 2.05) is 6.92 Å². The minimum absolute atomic E-state index is 0.177. The van der Waals surface area contributed by atoms with Crippen LogP contribution in [0.1, 0.15) is 129 Å². The number of aliphatic hydroxyl groups excluding tert-OH is 16. The van der Waals surface area contributed by atoms with Crippen molar-refractivity contribution in [3.05, 3.63) is 0 Å². The second kappa shape index (κ2) is 58.4. The molecule has 0 radical (unpaired) electrons. The maximum Gasteiger partial charge on any atom is 0.306 e. The molecule has 30 aliphatic heterocycles. The van der Waals surface area contributed by atoms with Crippen molar-refractivity contribution in [3.63, 3.8) is 0 Å². The molecular weight excluding hydrogens is 2040 g/mol. The second-order valence-corrected chi connectivity index (χ2v) is 35.3. The van der Waals surface area contributed by atoms with Crippen molar-refractivity contribution in [2.24, 2.45) is 0 Å². The van der Waals surface area contributed by atoms with E-state index in [0.29, 0.717) is 12.8 Å². The third kappa shape index (κ3) is 35.7. The lowest BCUT2D eigenvalue weighted by Gasteiger charge is -2.51. The predicted octanol–water partition coefficient (Wildman–Crippen LogP) is -12.9. The molecule has 30 heterocycles. The number of unbranched alkanes of at least 4 members (excludes halogenated alkanes) is 2. The average molecular weight is 2170 g/mol. The quantitative estimate of drug-likeness (QED) is 0.0153. The van der Waals surface area contributed by atoms with Crippen LogP contribution in [-0.2, 0) is 190 Å². The lowest BCUT2D eigenvalue weighted by atomic mass is 9.94. The molecule has 0 spiro atoms. The molecule has 30 fully saturated rings. The first-order valence-electron chi connectivity index (χ1n) is 46.8. The van der Waals surface area contributed by atoms with E-state index in [1.54, 1.807) is 0 Å². The second-order valence-electron chi connectivity index (χ2n) is 35.3. The van der Waals surface area contributed by atoms with Gasteiger partial charge in [0.05, 0.1) is 96.3 Å². The van der Waals surface area contributed by atoms with E-state index >= 15 is 0 Å². The Morgan fingerprint density at radius 3 is 0.450 bits per heavy atom. The van der Waals surface area contributed by atoms with Crippen molar-refractivity contribution in [1.82, 2.24) is 5.32 Å². The van der Waals surface area contributed by atoms with E-state index in [9.17, 15) is 194 Å². The van der Waals surface area contributed by atoms with E-state index in [-0.39, 0.29) is 6.54 Å². The van der Waals surface area contributed by atoms with Gasteiger partial charge in [-0.05, 0) is 6.42 Å². The molecule has 1 amide bonds. The van der Waals surface area contributed by atoms with Gasteiger partial charge in [-0.3, -0.25) is 76.7 Å². The topological polar surface area (TPSA) is 972 Å². The molecule has 0 aromatic rings. The van der Waals surface area contributed by atoms with Crippen LogP contribution in [-0.4, -0.2) is 518 Å². The maximum absolute atomic E-state index is 13.7. The van der Waals surface area contributed by atoms with Gasteiger partial charge in [0.25, 0.3) is 0 Å². The molecule has 0 aromatic heterocycles. The van der Waals surface area contributed by atoms with Crippen LogP contribution in [0.3, 0.4) is 0 Å². The van der Waals surface area contributed by atoms with Crippen LogP contribution < -0.4 is 5.32 Å². The van der Waals surface area contributed by atoms with E-state index in [0.717, 1.165) is 6.42 Å². The molecule has 24 N–H and O–H groups in total. The zero-order valence-electron chi connectivity index (χ0n) is 79.0. The van der Waals surface area contributed by atoms with Gasteiger partial charge in [-0.1, -0.05) is 19.8 Å². The van der Waals surface area contributed by atoms with Gasteiger partial charge in [-0.25, -0.2) is 0 Å². The summed E-state index contributed by atoms with van der Waals surface area (Å²) >= 11 is 0. The van der Waals surface area contributed by atoms with Gasteiger partial charge >= 0.3 is 89.5 Å². The van der Waals surface area contributed by atoms with Crippen molar-refractivity contribution >= 4 is 95.4 Å². The molecule has 30 aliphatic rings. The molecule has 0 aliphatic carbocycles. The summed E-state index contributed by atoms with van der Waals surface area (Å²) in [7, 11) is 0. The summed E-state index contributed by atoms with van der Waals surface area (Å²) in [6, 6.07) is 0. The van der Waals surface area contributed by atoms with Crippen LogP contribution in [0.2, 0.25) is 0 Å². The average Bonchev–Trinajstić information content (AvgIpc) is 0.765. The number of aliphatic hydroxyl groups is 16. The van der Waals surface area contributed by atoms with E-state index < -0.39 is 497 Å². The Morgan fingerprint density at radius 1 is 0.188 bits per heavy atom. The van der Waals surface area contributed by atoms with Crippen LogP contribution >= 0.6 is 0 Å². The van der Waals surface area contributed by atoms with Crippen molar-refractivity contribution in [1.29, 1.82) is 0 Å². The molecule has 0 saturated carbocycles. The summed E-state index contributed by atoms with van der Waals surface area (Å²) in [6.07, 6.45) is -113. The highest BCUT2D eigenvalue weighted by Gasteiger charge is 2.62. The first-order chi connectivity index (χ1) is 70.4. The number of nitrogens with one attached hydrogen (secondary N) is 1. The number of rotatable bonds is 44. The number of amides is 1. The molecule has 40 unspecified atom stereocenters. The SMILES string of the molecule is CCCCCNC(=O)CCC(=O)OCC1OC2OC3C(COC(=O)CCC(=O)O)OC(OC4C(COC(=O)CCC(=O)O)OC(OC5C(COC(=O)CCC(=O)O)OC(OC6C(COC(=O)CCC(=O)O)OC(OC7C(COC(=O)CCC(=O)O)OC(OC8C(COC(=O)CCC(=O)O)OC(OC9C(COC(=O)CCC(=O)O)OC(OC1C(O)C2O)C(O)C9O)C(O)C8O)C(O)C7O)C(O)C6O)C(O)C5O)C(O)C4O)C(O)C3O. The Labute approximate surface area is 839 Å². The van der Waals surface area contributed by atoms with Gasteiger partial charge in [-0.15, -0.1) is 0 Å². The third-order valence-electron chi connectivity index (χ3n) is 24.2. The van der Waals surface area contributed by atoms with Crippen molar-refractivity contribution < 1.29 is 308 Å². The molecule has 16 bridgehead atoms. The Kier molecular flexibility index (Phi) is 48.1. The van der Waals surface area contributed by atoms with E-state index in [1.165, 1.54) is 0 Å². The summed E-state index contributed by atoms with van der Waals surface area (Å²) in [5.74, 6) is -22.5. The number of aliphatic carboxylic acids is 7. The Morgan fingerprint density at radius 2 is 0.322 bits per heavy atom. The number of hydrogen-bond donors (Lipinski definition) is 24. The Balaban J connectivity index is 1.17. The highest BCUT2D eigenvalue weighted by atomic mass is 16.8. The number of carbonyl (C=O) groups is 16. The molecule has 30 saturated heterocycles. The summed E-state index contributed by atoms with van der Waals surface area (Å²) in [4.78, 5) is 201. The summed E-state index contributed by atoms with van der Waals surface area (Å²) < 4.78 is 139. The summed E-state index contributed by atoms with van der Waals surface area (Å²) in [6.45, 7) is -8.22. The lowest BCUT2D eigenvalue weighted by molar-refractivity contribution is -0.404. The van der Waals surface area contributed by atoms with Crippen LogP contribution in [0.25, 0.3) is 0 Å². The largest absolute Gasteiger partial charge is 0.481 e. The smallest absolute Gasteiger partial charge is 0.306 e. The third-order valence-corrected chi connectivity index (χ3v) is 24.2. The zero-order valence-corrected chi connectivity index (χ0v) is 79.0. The monoisotopic (exact) mass is 2170 g/mol. The summed E-state index contributed by atoms with van der Waals surface area (Å²) in [5.41, 5.74) is 0. The fraction of sp³-hybridized carbons (Fsp3) is 0.812. The molecule has 64 nitrogen and oxygen atoms in total. The highest BCUT2D eigenvalue weighted by Crippen LogP contribution is 2.42. The first kappa shape index (κ1) is 123. The number of carboxylic acids is 7. The molecule has 149 heavy (non-hydrogen) atoms. The molecule has 40 atom stereocenters. The normalized spacial score (nSPS) is 36.9. The first-order valence-corrected chi connectivity index (χ1v) is 46.8. The lowest BCUT2D eigenvalue weighted by Crippen LogP contribution is -2.69. The van der Waals surface area contributed by atoms with Gasteiger partial charge in [0.15, 0.2) is 50.3 Å². The standard InChI is InChI=1S/C85H123NO63/c1-2-3-4-21-86-38(87)5-13-46(102)126-22-30-70-54(110)62(118)78(134-30)143-71-31(23-127-47(103)14-6-39(88)89)136-80(64(120)56(71)112)145-73-33(25-129-49(105)16-8-41(92)93)138-82(66(122)58(73)114)147-75-35(27-131-51(107)18-10-43(96)97)140-84(68(124)60(75)116)149-77-37(29-133-53(109)20-12-45(100)101)141-85(69(125)61(77)117)148-76-36(28-132-52(108)19-11-44(98)99)139-83(67(123)59(76)115)146-74-34(26-130-50(106)17-9-42(94)95)137-81(65(121)57(74)113)144-72-32(24-128-48(104)15-7-40(90)91)135-79(142-70)63(119)55(72)111/h30-37,54-85,110-125H,2-29H2,1H3,(H,86,87)(H,88,89)(H,90,91)(H,92,93)(H,94,95)(H,96,97)(H,98,99)(H,100,101). The van der Waals surface area contributed by atoms with Crippen molar-refractivity contribution in [3.8, 4) is 0 Å². The maximum atomic E-state index is 13.7.